The maximum Gasteiger partial charge on any atom is 0.0991 e. The quantitative estimate of drug-likeness (QED) is 0.537. The third-order valence-corrected chi connectivity index (χ3v) is 4.12. The molecule has 0 aromatic heterocycles. The molecule has 22 heavy (non-hydrogen) atoms. The Bertz CT molecular complexity index is 587. The molecule has 0 heterocycles. The van der Waals surface area contributed by atoms with E-state index in [0.29, 0.717) is 5.56 Å². The van der Waals surface area contributed by atoms with E-state index in [0.717, 1.165) is 0 Å². The molecule has 0 aliphatic heterocycles. The van der Waals surface area contributed by atoms with E-state index in [1.54, 1.807) is 0 Å². The Labute approximate surface area is 134 Å². The van der Waals surface area contributed by atoms with Gasteiger partial charge in [-0.25, -0.2) is 0 Å². The fourth-order valence-electron chi connectivity index (χ4n) is 2.71. The molecule has 0 aliphatic rings. The van der Waals surface area contributed by atoms with Crippen LogP contribution in [0, 0.1) is 11.3 Å². The van der Waals surface area contributed by atoms with Crippen LogP contribution in [0.15, 0.2) is 48.5 Å². The van der Waals surface area contributed by atoms with Crippen LogP contribution in [0.1, 0.15) is 56.6 Å². The molecule has 2 aromatic carbocycles. The van der Waals surface area contributed by atoms with Crippen molar-refractivity contribution in [2.75, 3.05) is 0 Å². The molecule has 0 bridgehead atoms. The van der Waals surface area contributed by atoms with E-state index in [-0.39, 0.29) is 0 Å². The van der Waals surface area contributed by atoms with E-state index in [2.05, 4.69) is 37.3 Å². The van der Waals surface area contributed by atoms with Crippen molar-refractivity contribution in [2.24, 2.45) is 0 Å². The van der Waals surface area contributed by atoms with Crippen molar-refractivity contribution in [3.63, 3.8) is 0 Å². The average Bonchev–Trinajstić information content (AvgIpc) is 2.59. The predicted octanol–water partition coefficient (Wildman–Crippen LogP) is 6.13. The Hall–Kier alpha value is -2.07. The molecule has 0 N–H and O–H groups in total. The molecule has 0 aliphatic carbocycles. The van der Waals surface area contributed by atoms with Crippen LogP contribution in [0.2, 0.25) is 0 Å². The highest BCUT2D eigenvalue weighted by Gasteiger charge is 1.99. The zero-order valence-corrected chi connectivity index (χ0v) is 13.5. The van der Waals surface area contributed by atoms with Gasteiger partial charge < -0.3 is 0 Å². The van der Waals surface area contributed by atoms with Gasteiger partial charge >= 0.3 is 0 Å². The van der Waals surface area contributed by atoms with Gasteiger partial charge in [0.05, 0.1) is 11.6 Å². The normalized spacial score (nSPS) is 10.4. The Morgan fingerprint density at radius 1 is 0.727 bits per heavy atom. The molecule has 2 aromatic rings. The van der Waals surface area contributed by atoms with Crippen molar-refractivity contribution in [3.05, 3.63) is 59.7 Å². The lowest BCUT2D eigenvalue weighted by atomic mass is 10.00. The van der Waals surface area contributed by atoms with Gasteiger partial charge in [0.15, 0.2) is 0 Å². The van der Waals surface area contributed by atoms with Crippen LogP contribution >= 0.6 is 0 Å². The number of nitrogens with zero attached hydrogens (tertiary/aromatic N) is 1. The SMILES string of the molecule is CCCCCCCCc1ccc(-c2ccc(C#N)cc2)cc1. The second-order valence-corrected chi connectivity index (χ2v) is 5.90. The van der Waals surface area contributed by atoms with Crippen LogP contribution in [0.4, 0.5) is 0 Å². The summed E-state index contributed by atoms with van der Waals surface area (Å²) in [5, 5.41) is 8.84. The Balaban J connectivity index is 1.83. The molecule has 0 unspecified atom stereocenters. The molecule has 1 nitrogen and oxygen atoms in total. The molecule has 2 rings (SSSR count). The Morgan fingerprint density at radius 2 is 1.27 bits per heavy atom. The van der Waals surface area contributed by atoms with Crippen LogP contribution in [0.3, 0.4) is 0 Å². The van der Waals surface area contributed by atoms with Gasteiger partial charge in [0.2, 0.25) is 0 Å². The smallest absolute Gasteiger partial charge is 0.0991 e. The predicted molar refractivity (Wildman–Crippen MR) is 93.7 cm³/mol. The van der Waals surface area contributed by atoms with Gasteiger partial charge in [0.1, 0.15) is 0 Å². The van der Waals surface area contributed by atoms with E-state index in [1.165, 1.54) is 61.6 Å². The number of aryl methyl sites for hydroxylation is 1. The number of hydrogen-bond donors (Lipinski definition) is 0. The fraction of sp³-hybridized carbons (Fsp3) is 0.381. The molecule has 0 saturated heterocycles. The van der Waals surface area contributed by atoms with Gasteiger partial charge in [-0.3, -0.25) is 0 Å². The van der Waals surface area contributed by atoms with Gasteiger partial charge in [0, 0.05) is 0 Å². The summed E-state index contributed by atoms with van der Waals surface area (Å²) in [6, 6.07) is 18.8. The molecule has 0 fully saturated rings. The van der Waals surface area contributed by atoms with Crippen LogP contribution in [0.25, 0.3) is 11.1 Å². The van der Waals surface area contributed by atoms with E-state index in [4.69, 9.17) is 5.26 Å². The highest BCUT2D eigenvalue weighted by molar-refractivity contribution is 5.64. The van der Waals surface area contributed by atoms with Gasteiger partial charge in [0.25, 0.3) is 0 Å². The number of hydrogen-bond acceptors (Lipinski definition) is 1. The second kappa shape index (κ2) is 9.05. The van der Waals surface area contributed by atoms with Crippen LogP contribution in [-0.2, 0) is 6.42 Å². The lowest BCUT2D eigenvalue weighted by Crippen LogP contribution is -1.87. The Kier molecular flexibility index (Phi) is 6.71. The first-order valence-corrected chi connectivity index (χ1v) is 8.43. The standard InChI is InChI=1S/C21H25N/c1-2-3-4-5-6-7-8-18-9-13-20(14-10-18)21-15-11-19(17-22)12-16-21/h9-16H,2-8H2,1H3. The lowest BCUT2D eigenvalue weighted by Gasteiger charge is -2.05. The largest absolute Gasteiger partial charge is 0.192 e. The fourth-order valence-corrected chi connectivity index (χ4v) is 2.71. The van der Waals surface area contributed by atoms with Crippen LogP contribution < -0.4 is 0 Å². The monoisotopic (exact) mass is 291 g/mol. The average molecular weight is 291 g/mol. The van der Waals surface area contributed by atoms with Gasteiger partial charge in [-0.2, -0.15) is 5.26 Å². The molecule has 0 radical (unpaired) electrons. The minimum atomic E-state index is 0.712. The first-order valence-electron chi connectivity index (χ1n) is 8.43. The van der Waals surface area contributed by atoms with Gasteiger partial charge in [-0.15, -0.1) is 0 Å². The highest BCUT2D eigenvalue weighted by Crippen LogP contribution is 2.21. The maximum atomic E-state index is 8.84. The minimum Gasteiger partial charge on any atom is -0.192 e. The van der Waals surface area contributed by atoms with E-state index < -0.39 is 0 Å². The van der Waals surface area contributed by atoms with Crippen molar-refractivity contribution in [3.8, 4) is 17.2 Å². The summed E-state index contributed by atoms with van der Waals surface area (Å²) in [4.78, 5) is 0. The minimum absolute atomic E-state index is 0.712. The van der Waals surface area contributed by atoms with Crippen molar-refractivity contribution < 1.29 is 0 Å². The second-order valence-electron chi connectivity index (χ2n) is 5.90. The molecular weight excluding hydrogens is 266 g/mol. The summed E-state index contributed by atoms with van der Waals surface area (Å²) in [6.07, 6.45) is 9.26. The molecule has 0 amide bonds. The number of benzene rings is 2. The third-order valence-electron chi connectivity index (χ3n) is 4.12. The van der Waals surface area contributed by atoms with E-state index >= 15 is 0 Å². The van der Waals surface area contributed by atoms with Crippen molar-refractivity contribution in [1.82, 2.24) is 0 Å². The van der Waals surface area contributed by atoms with Crippen molar-refractivity contribution in [1.29, 1.82) is 5.26 Å². The molecule has 114 valence electrons. The maximum absolute atomic E-state index is 8.84. The zero-order valence-electron chi connectivity index (χ0n) is 13.5. The van der Waals surface area contributed by atoms with Gasteiger partial charge in [-0.05, 0) is 41.7 Å². The number of unbranched alkanes of at least 4 members (excludes halogenated alkanes) is 5. The first kappa shape index (κ1) is 16.3. The van der Waals surface area contributed by atoms with Crippen molar-refractivity contribution >= 4 is 0 Å². The van der Waals surface area contributed by atoms with Gasteiger partial charge in [-0.1, -0.05) is 75.4 Å². The zero-order chi connectivity index (χ0) is 15.6. The molecule has 0 atom stereocenters. The lowest BCUT2D eigenvalue weighted by molar-refractivity contribution is 0.607. The summed E-state index contributed by atoms with van der Waals surface area (Å²) in [6.45, 7) is 2.26. The summed E-state index contributed by atoms with van der Waals surface area (Å²) >= 11 is 0. The summed E-state index contributed by atoms with van der Waals surface area (Å²) in [5.74, 6) is 0. The molecular formula is C21H25N. The van der Waals surface area contributed by atoms with Crippen LogP contribution in [0.5, 0.6) is 0 Å². The van der Waals surface area contributed by atoms with E-state index in [9.17, 15) is 0 Å². The number of rotatable bonds is 8. The van der Waals surface area contributed by atoms with E-state index in [1.807, 2.05) is 24.3 Å². The highest BCUT2D eigenvalue weighted by atomic mass is 14.2. The molecule has 0 saturated carbocycles. The Morgan fingerprint density at radius 3 is 1.86 bits per heavy atom. The third kappa shape index (κ3) is 5.04. The number of nitriles is 1. The summed E-state index contributed by atoms with van der Waals surface area (Å²) in [7, 11) is 0. The molecule has 1 heteroatoms. The topological polar surface area (TPSA) is 23.8 Å². The first-order chi connectivity index (χ1) is 10.8. The summed E-state index contributed by atoms with van der Waals surface area (Å²) in [5.41, 5.74) is 4.53. The van der Waals surface area contributed by atoms with Crippen LogP contribution in [-0.4, -0.2) is 0 Å². The molecule has 0 spiro atoms. The van der Waals surface area contributed by atoms with Crippen molar-refractivity contribution in [2.45, 2.75) is 51.9 Å². The summed E-state index contributed by atoms with van der Waals surface area (Å²) < 4.78 is 0.